The van der Waals surface area contributed by atoms with Crippen LogP contribution in [0.1, 0.15) is 19.8 Å². The highest BCUT2D eigenvalue weighted by Crippen LogP contribution is 2.18. The highest BCUT2D eigenvalue weighted by molar-refractivity contribution is 7.99. The SMILES string of the molecule is CCCN(C)CC[C@H](CSc1ccccc1)NC. The van der Waals surface area contributed by atoms with Crippen molar-refractivity contribution in [2.24, 2.45) is 0 Å². The van der Waals surface area contributed by atoms with Crippen LogP contribution in [0.2, 0.25) is 0 Å². The monoisotopic (exact) mass is 266 g/mol. The Morgan fingerprint density at radius 3 is 2.56 bits per heavy atom. The Bertz CT molecular complexity index is 303. The van der Waals surface area contributed by atoms with Crippen molar-refractivity contribution in [1.29, 1.82) is 0 Å². The van der Waals surface area contributed by atoms with E-state index in [0.29, 0.717) is 6.04 Å². The van der Waals surface area contributed by atoms with Crippen molar-refractivity contribution in [3.63, 3.8) is 0 Å². The third kappa shape index (κ3) is 6.43. The van der Waals surface area contributed by atoms with Crippen molar-refractivity contribution in [1.82, 2.24) is 10.2 Å². The Morgan fingerprint density at radius 1 is 1.22 bits per heavy atom. The van der Waals surface area contributed by atoms with Crippen LogP contribution in [0.4, 0.5) is 0 Å². The summed E-state index contributed by atoms with van der Waals surface area (Å²) in [5.41, 5.74) is 0. The predicted molar refractivity (Wildman–Crippen MR) is 82.4 cm³/mol. The van der Waals surface area contributed by atoms with Crippen LogP contribution in [0.3, 0.4) is 0 Å². The Balaban J connectivity index is 2.25. The van der Waals surface area contributed by atoms with Crippen LogP contribution < -0.4 is 5.32 Å². The lowest BCUT2D eigenvalue weighted by atomic mass is 10.2. The van der Waals surface area contributed by atoms with E-state index in [1.165, 1.54) is 30.8 Å². The molecule has 102 valence electrons. The number of nitrogens with one attached hydrogen (secondary N) is 1. The first-order valence-electron chi connectivity index (χ1n) is 6.80. The van der Waals surface area contributed by atoms with Crippen molar-refractivity contribution in [2.75, 3.05) is 32.9 Å². The van der Waals surface area contributed by atoms with Gasteiger partial charge in [0.05, 0.1) is 0 Å². The number of rotatable bonds is 9. The van der Waals surface area contributed by atoms with Crippen LogP contribution in [0.15, 0.2) is 35.2 Å². The van der Waals surface area contributed by atoms with Gasteiger partial charge in [0.1, 0.15) is 0 Å². The van der Waals surface area contributed by atoms with Crippen LogP contribution >= 0.6 is 11.8 Å². The zero-order valence-electron chi connectivity index (χ0n) is 11.9. The standard InChI is InChI=1S/C15H26N2S/c1-4-11-17(3)12-10-14(16-2)13-18-15-8-6-5-7-9-15/h5-9,14,16H,4,10-13H2,1-3H3/t14-/m1/s1. The van der Waals surface area contributed by atoms with E-state index < -0.39 is 0 Å². The Kier molecular flexibility index (Phi) is 8.14. The summed E-state index contributed by atoms with van der Waals surface area (Å²) in [5.74, 6) is 1.14. The minimum Gasteiger partial charge on any atom is -0.316 e. The molecule has 0 aliphatic rings. The van der Waals surface area contributed by atoms with Crippen molar-refractivity contribution in [3.05, 3.63) is 30.3 Å². The summed E-state index contributed by atoms with van der Waals surface area (Å²) in [6.45, 7) is 4.61. The predicted octanol–water partition coefficient (Wildman–Crippen LogP) is 3.10. The molecule has 0 aliphatic carbocycles. The summed E-state index contributed by atoms with van der Waals surface area (Å²) in [7, 11) is 4.27. The molecule has 0 saturated heterocycles. The maximum atomic E-state index is 3.42. The molecular formula is C15H26N2S. The van der Waals surface area contributed by atoms with Crippen molar-refractivity contribution in [2.45, 2.75) is 30.7 Å². The van der Waals surface area contributed by atoms with Gasteiger partial charge in [-0.3, -0.25) is 0 Å². The molecule has 1 rings (SSSR count). The van der Waals surface area contributed by atoms with E-state index in [4.69, 9.17) is 0 Å². The average Bonchev–Trinajstić information content (AvgIpc) is 2.40. The number of hydrogen-bond donors (Lipinski definition) is 1. The fourth-order valence-corrected chi connectivity index (χ4v) is 2.97. The lowest BCUT2D eigenvalue weighted by Gasteiger charge is -2.20. The second-order valence-electron chi connectivity index (χ2n) is 4.70. The molecule has 0 fully saturated rings. The van der Waals surface area contributed by atoms with Gasteiger partial charge >= 0.3 is 0 Å². The molecule has 1 atom stereocenters. The molecule has 0 aromatic heterocycles. The molecule has 0 spiro atoms. The Labute approximate surface area is 116 Å². The smallest absolute Gasteiger partial charge is 0.0170 e. The van der Waals surface area contributed by atoms with Gasteiger partial charge < -0.3 is 10.2 Å². The zero-order valence-corrected chi connectivity index (χ0v) is 12.7. The van der Waals surface area contributed by atoms with E-state index in [2.05, 4.69) is 61.6 Å². The van der Waals surface area contributed by atoms with Gasteiger partial charge in [0.15, 0.2) is 0 Å². The molecule has 2 nitrogen and oxygen atoms in total. The van der Waals surface area contributed by atoms with Crippen molar-refractivity contribution < 1.29 is 0 Å². The highest BCUT2D eigenvalue weighted by Gasteiger charge is 2.08. The highest BCUT2D eigenvalue weighted by atomic mass is 32.2. The largest absolute Gasteiger partial charge is 0.316 e. The molecule has 1 aromatic carbocycles. The third-order valence-electron chi connectivity index (χ3n) is 3.07. The number of thioether (sulfide) groups is 1. The Morgan fingerprint density at radius 2 is 1.94 bits per heavy atom. The minimum atomic E-state index is 0.592. The molecule has 0 aliphatic heterocycles. The van der Waals surface area contributed by atoms with Gasteiger partial charge in [-0.15, -0.1) is 11.8 Å². The molecule has 3 heteroatoms. The summed E-state index contributed by atoms with van der Waals surface area (Å²) in [4.78, 5) is 3.78. The lowest BCUT2D eigenvalue weighted by molar-refractivity contribution is 0.315. The van der Waals surface area contributed by atoms with E-state index in [-0.39, 0.29) is 0 Å². The normalized spacial score (nSPS) is 12.9. The average molecular weight is 266 g/mol. The van der Waals surface area contributed by atoms with Crippen molar-refractivity contribution in [3.8, 4) is 0 Å². The summed E-state index contributed by atoms with van der Waals surface area (Å²) < 4.78 is 0. The zero-order chi connectivity index (χ0) is 13.2. The summed E-state index contributed by atoms with van der Waals surface area (Å²) in [6.07, 6.45) is 2.45. The van der Waals surface area contributed by atoms with Crippen LogP contribution in [-0.4, -0.2) is 43.9 Å². The van der Waals surface area contributed by atoms with Gasteiger partial charge in [0.25, 0.3) is 0 Å². The second kappa shape index (κ2) is 9.42. The van der Waals surface area contributed by atoms with Gasteiger partial charge in [-0.25, -0.2) is 0 Å². The fraction of sp³-hybridized carbons (Fsp3) is 0.600. The molecule has 0 saturated carbocycles. The first-order valence-corrected chi connectivity index (χ1v) is 7.78. The quantitative estimate of drug-likeness (QED) is 0.692. The second-order valence-corrected chi connectivity index (χ2v) is 5.80. The van der Waals surface area contributed by atoms with Gasteiger partial charge in [-0.2, -0.15) is 0 Å². The molecule has 1 aromatic rings. The first kappa shape index (κ1) is 15.5. The van der Waals surface area contributed by atoms with Crippen LogP contribution in [0, 0.1) is 0 Å². The van der Waals surface area contributed by atoms with Gasteiger partial charge in [-0.1, -0.05) is 25.1 Å². The van der Waals surface area contributed by atoms with E-state index in [1.54, 1.807) is 0 Å². The summed E-state index contributed by atoms with van der Waals surface area (Å²) >= 11 is 1.94. The molecule has 1 N–H and O–H groups in total. The summed E-state index contributed by atoms with van der Waals surface area (Å²) in [5, 5.41) is 3.42. The fourth-order valence-electron chi connectivity index (χ4n) is 1.89. The lowest BCUT2D eigenvalue weighted by Crippen LogP contribution is -2.32. The molecule has 0 unspecified atom stereocenters. The van der Waals surface area contributed by atoms with E-state index in [9.17, 15) is 0 Å². The molecule has 0 amide bonds. The van der Waals surface area contributed by atoms with E-state index in [0.717, 1.165) is 5.75 Å². The van der Waals surface area contributed by atoms with Gasteiger partial charge in [-0.05, 0) is 52.2 Å². The summed E-state index contributed by atoms with van der Waals surface area (Å²) in [6, 6.07) is 11.2. The number of nitrogens with zero attached hydrogens (tertiary/aromatic N) is 1. The molecule has 18 heavy (non-hydrogen) atoms. The van der Waals surface area contributed by atoms with Crippen LogP contribution in [0.25, 0.3) is 0 Å². The molecule has 0 bridgehead atoms. The Hall–Kier alpha value is -0.510. The van der Waals surface area contributed by atoms with E-state index in [1.807, 2.05) is 11.8 Å². The minimum absolute atomic E-state index is 0.592. The number of benzene rings is 1. The van der Waals surface area contributed by atoms with Crippen LogP contribution in [-0.2, 0) is 0 Å². The number of hydrogen-bond acceptors (Lipinski definition) is 3. The van der Waals surface area contributed by atoms with Gasteiger partial charge in [0, 0.05) is 16.7 Å². The molecule has 0 heterocycles. The molecular weight excluding hydrogens is 240 g/mol. The van der Waals surface area contributed by atoms with Crippen LogP contribution in [0.5, 0.6) is 0 Å². The first-order chi connectivity index (χ1) is 8.76. The van der Waals surface area contributed by atoms with Gasteiger partial charge in [0.2, 0.25) is 0 Å². The topological polar surface area (TPSA) is 15.3 Å². The maximum absolute atomic E-state index is 3.42. The van der Waals surface area contributed by atoms with Crippen molar-refractivity contribution >= 4 is 11.8 Å². The maximum Gasteiger partial charge on any atom is 0.0170 e. The molecule has 0 radical (unpaired) electrons. The van der Waals surface area contributed by atoms with E-state index >= 15 is 0 Å². The third-order valence-corrected chi connectivity index (χ3v) is 4.24.